The molecule has 0 aliphatic carbocycles. The molecule has 2 aromatic carbocycles. The highest BCUT2D eigenvalue weighted by Crippen LogP contribution is 2.24. The van der Waals surface area contributed by atoms with Gasteiger partial charge in [-0.25, -0.2) is 44.7 Å². The maximum absolute atomic E-state index is 13.1. The van der Waals surface area contributed by atoms with Gasteiger partial charge in [-0.3, -0.25) is 0 Å². The van der Waals surface area contributed by atoms with Crippen molar-refractivity contribution >= 4 is 54.0 Å². The second-order valence-corrected chi connectivity index (χ2v) is 12.5. The Morgan fingerprint density at radius 1 is 0.590 bits per heavy atom. The molecule has 0 radical (unpaired) electrons. The van der Waals surface area contributed by atoms with Crippen LogP contribution in [0.5, 0.6) is 0 Å². The van der Waals surface area contributed by atoms with E-state index < -0.39 is 20.0 Å². The van der Waals surface area contributed by atoms with Gasteiger partial charge in [-0.05, 0) is 50.2 Å². The van der Waals surface area contributed by atoms with E-state index in [0.29, 0.717) is 22.7 Å². The van der Waals surface area contributed by atoms with Crippen LogP contribution in [0, 0.1) is 13.8 Å². The molecule has 0 saturated heterocycles. The van der Waals surface area contributed by atoms with Gasteiger partial charge < -0.3 is 5.32 Å². The van der Waals surface area contributed by atoms with Gasteiger partial charge in [0.2, 0.25) is 0 Å². The Bertz CT molecular complexity index is 1930. The lowest BCUT2D eigenvalue weighted by Gasteiger charge is -2.09. The smallest absolute Gasteiger partial charge is 0.269 e. The van der Waals surface area contributed by atoms with E-state index in [1.54, 1.807) is 60.7 Å². The van der Waals surface area contributed by atoms with E-state index in [1.807, 2.05) is 13.8 Å². The summed E-state index contributed by atoms with van der Waals surface area (Å²) < 4.78 is 54.6. The molecule has 0 amide bonds. The monoisotopic (exact) mass is 559 g/mol. The Morgan fingerprint density at radius 3 is 1.36 bits per heavy atom. The van der Waals surface area contributed by atoms with E-state index in [0.717, 1.165) is 19.1 Å². The van der Waals surface area contributed by atoms with Gasteiger partial charge in [-0.2, -0.15) is 0 Å². The number of benzene rings is 2. The quantitative estimate of drug-likeness (QED) is 0.320. The van der Waals surface area contributed by atoms with Crippen LogP contribution in [-0.4, -0.2) is 44.7 Å². The van der Waals surface area contributed by atoms with Gasteiger partial charge in [0.15, 0.2) is 22.9 Å². The molecule has 1 N–H and O–H groups in total. The van der Waals surface area contributed by atoms with E-state index >= 15 is 0 Å². The summed E-state index contributed by atoms with van der Waals surface area (Å²) in [6.45, 7) is 3.76. The average molecular weight is 560 g/mol. The first-order valence-electron chi connectivity index (χ1n) is 11.7. The fourth-order valence-electron chi connectivity index (χ4n) is 4.06. The maximum atomic E-state index is 13.1. The molecule has 39 heavy (non-hydrogen) atoms. The van der Waals surface area contributed by atoms with Crippen LogP contribution in [0.3, 0.4) is 0 Å². The Balaban J connectivity index is 1.29. The second-order valence-electron chi connectivity index (χ2n) is 8.91. The Kier molecular flexibility index (Phi) is 5.70. The topological polar surface area (TPSA) is 142 Å². The third-order valence-corrected chi connectivity index (χ3v) is 9.48. The first kappa shape index (κ1) is 24.7. The lowest BCUT2D eigenvalue weighted by atomic mass is 10.2. The first-order valence-corrected chi connectivity index (χ1v) is 14.6. The zero-order chi connectivity index (χ0) is 27.4. The van der Waals surface area contributed by atoms with Crippen molar-refractivity contribution in [3.05, 3.63) is 96.6 Å². The summed E-state index contributed by atoms with van der Waals surface area (Å²) in [6, 6.07) is 16.2. The molecule has 0 fully saturated rings. The molecule has 13 heteroatoms. The van der Waals surface area contributed by atoms with Crippen molar-refractivity contribution in [2.24, 2.45) is 0 Å². The number of aromatic nitrogens is 6. The van der Waals surface area contributed by atoms with Crippen molar-refractivity contribution in [2.75, 3.05) is 5.32 Å². The van der Waals surface area contributed by atoms with Gasteiger partial charge in [0.05, 0.1) is 22.2 Å². The van der Waals surface area contributed by atoms with Gasteiger partial charge >= 0.3 is 0 Å². The molecule has 0 saturated carbocycles. The van der Waals surface area contributed by atoms with Crippen molar-refractivity contribution < 1.29 is 16.8 Å². The van der Waals surface area contributed by atoms with Gasteiger partial charge in [-0.15, -0.1) is 0 Å². The van der Waals surface area contributed by atoms with Crippen LogP contribution in [0.15, 0.2) is 95.2 Å². The van der Waals surface area contributed by atoms with E-state index in [2.05, 4.69) is 25.3 Å². The predicted octanol–water partition coefficient (Wildman–Crippen LogP) is 4.01. The number of aryl methyl sites for hydroxylation is 2. The molecule has 4 aromatic heterocycles. The largest absolute Gasteiger partial charge is 0.322 e. The highest BCUT2D eigenvalue weighted by Gasteiger charge is 2.22. The summed E-state index contributed by atoms with van der Waals surface area (Å²) in [5, 5.41) is 3.00. The van der Waals surface area contributed by atoms with Crippen molar-refractivity contribution in [3.63, 3.8) is 0 Å². The third-order valence-electron chi connectivity index (χ3n) is 6.12. The van der Waals surface area contributed by atoms with Crippen LogP contribution in [0.25, 0.3) is 22.3 Å². The summed E-state index contributed by atoms with van der Waals surface area (Å²) >= 11 is 0. The molecular formula is C26H21N7O4S2. The Hall–Kier alpha value is -4.62. The molecule has 4 heterocycles. The molecule has 0 aliphatic heterocycles. The summed E-state index contributed by atoms with van der Waals surface area (Å²) in [5.74, 6) is 0.627. The van der Waals surface area contributed by atoms with Gasteiger partial charge in [0, 0.05) is 12.4 Å². The van der Waals surface area contributed by atoms with E-state index in [4.69, 9.17) is 0 Å². The fourth-order valence-corrected chi connectivity index (χ4v) is 6.66. The Labute approximate surface area is 223 Å². The van der Waals surface area contributed by atoms with Crippen LogP contribution in [-0.2, 0) is 20.0 Å². The summed E-state index contributed by atoms with van der Waals surface area (Å²) in [6.07, 6.45) is 5.60. The number of nitrogens with one attached hydrogen (secondary N) is 1. The number of anilines is 2. The number of nitrogens with zero attached hydrogens (tertiary/aromatic N) is 6. The molecule has 196 valence electrons. The normalized spacial score (nSPS) is 12.3. The van der Waals surface area contributed by atoms with Crippen molar-refractivity contribution in [3.8, 4) is 0 Å². The second kappa shape index (κ2) is 8.99. The first-order chi connectivity index (χ1) is 18.6. The molecule has 0 unspecified atom stereocenters. The molecule has 6 aromatic rings. The standard InChI is InChI=1S/C26H21N7O4S2/c1-17-3-7-19(8-4-17)38(34,35)32-13-11-21-25(32)27-15-23(29-21)31-24-16-28-26-22(30-24)12-14-33(26)39(36,37)20-9-5-18(2)6-10-20/h3-16H,1-2H3,(H,29,30,31). The van der Waals surface area contributed by atoms with Crippen LogP contribution in [0.1, 0.15) is 11.1 Å². The fraction of sp³-hybridized carbons (Fsp3) is 0.0769. The highest BCUT2D eigenvalue weighted by atomic mass is 32.2. The lowest BCUT2D eigenvalue weighted by molar-refractivity contribution is 0.587. The van der Waals surface area contributed by atoms with Crippen LogP contribution < -0.4 is 5.32 Å². The zero-order valence-electron chi connectivity index (χ0n) is 20.7. The minimum Gasteiger partial charge on any atom is -0.322 e. The minimum atomic E-state index is -3.85. The molecule has 0 bridgehead atoms. The number of rotatable bonds is 6. The Morgan fingerprint density at radius 2 is 0.974 bits per heavy atom. The molecule has 0 spiro atoms. The summed E-state index contributed by atoms with van der Waals surface area (Å²) in [5.41, 5.74) is 2.99. The van der Waals surface area contributed by atoms with E-state index in [1.165, 1.54) is 24.8 Å². The predicted molar refractivity (Wildman–Crippen MR) is 146 cm³/mol. The third kappa shape index (κ3) is 4.30. The molecule has 0 atom stereocenters. The highest BCUT2D eigenvalue weighted by molar-refractivity contribution is 7.90. The molecular weight excluding hydrogens is 538 g/mol. The van der Waals surface area contributed by atoms with Crippen molar-refractivity contribution in [1.29, 1.82) is 0 Å². The van der Waals surface area contributed by atoms with Crippen LogP contribution in [0.2, 0.25) is 0 Å². The molecule has 11 nitrogen and oxygen atoms in total. The summed E-state index contributed by atoms with van der Waals surface area (Å²) in [4.78, 5) is 17.8. The molecule has 0 aliphatic rings. The number of hydrogen-bond acceptors (Lipinski definition) is 9. The van der Waals surface area contributed by atoms with Crippen LogP contribution >= 0.6 is 0 Å². The zero-order valence-corrected chi connectivity index (χ0v) is 22.3. The van der Waals surface area contributed by atoms with Gasteiger partial charge in [0.25, 0.3) is 20.0 Å². The van der Waals surface area contributed by atoms with Crippen molar-refractivity contribution in [1.82, 2.24) is 27.9 Å². The lowest BCUT2D eigenvalue weighted by Crippen LogP contribution is -2.13. The van der Waals surface area contributed by atoms with Crippen LogP contribution in [0.4, 0.5) is 11.6 Å². The van der Waals surface area contributed by atoms with Gasteiger partial charge in [0.1, 0.15) is 11.0 Å². The number of fused-ring (bicyclic) bond motifs is 2. The van der Waals surface area contributed by atoms with Gasteiger partial charge in [-0.1, -0.05) is 35.4 Å². The molecule has 6 rings (SSSR count). The maximum Gasteiger partial charge on any atom is 0.269 e. The summed E-state index contributed by atoms with van der Waals surface area (Å²) in [7, 11) is -7.69. The SMILES string of the molecule is Cc1ccc(S(=O)(=O)n2ccc3nc(Nc4cnc5c(ccn5S(=O)(=O)c5ccc(C)cc5)n4)cnc32)cc1. The van der Waals surface area contributed by atoms with Crippen molar-refractivity contribution in [2.45, 2.75) is 23.6 Å². The number of hydrogen-bond donors (Lipinski definition) is 1. The van der Waals surface area contributed by atoms with E-state index in [-0.39, 0.29) is 21.1 Å². The minimum absolute atomic E-state index is 0.148. The van der Waals surface area contributed by atoms with E-state index in [9.17, 15) is 16.8 Å². The average Bonchev–Trinajstić information content (AvgIpc) is 3.54.